The van der Waals surface area contributed by atoms with Gasteiger partial charge in [0.1, 0.15) is 11.5 Å². The highest BCUT2D eigenvalue weighted by Crippen LogP contribution is 2.25. The van der Waals surface area contributed by atoms with Gasteiger partial charge in [0.15, 0.2) is 18.1 Å². The second kappa shape index (κ2) is 11.0. The number of amides is 1. The molecule has 0 bridgehead atoms. The van der Waals surface area contributed by atoms with E-state index in [9.17, 15) is 27.6 Å². The minimum Gasteiger partial charge on any atom is -0.482 e. The van der Waals surface area contributed by atoms with Gasteiger partial charge in [-0.15, -0.1) is 5.10 Å². The monoisotopic (exact) mass is 556 g/mol. The van der Waals surface area contributed by atoms with E-state index in [1.54, 1.807) is 24.3 Å². The van der Waals surface area contributed by atoms with Crippen molar-refractivity contribution < 1.29 is 41.8 Å². The molecule has 0 aliphatic carbocycles. The number of esters is 2. The van der Waals surface area contributed by atoms with E-state index in [0.717, 1.165) is 5.56 Å². The highest BCUT2D eigenvalue weighted by Gasteiger charge is 2.42. The number of carbonyl (C=O) groups is 3. The minimum atomic E-state index is -5.29. The number of rotatable bonds is 7. The number of nitrogens with one attached hydrogen (secondary N) is 1. The first-order chi connectivity index (χ1) is 18.8. The maximum Gasteiger partial charge on any atom is 0.491 e. The normalized spacial score (nSPS) is 11.7. The SMILES string of the molecule is CC(C)(C)c1ccc(C(=O)Nc2cn3nc(Oc4cccc(OCC(=O)OC(=O)C(F)(F)F)c4)ccc3n2)cc1. The molecule has 0 saturated heterocycles. The summed E-state index contributed by atoms with van der Waals surface area (Å²) >= 11 is 0. The summed E-state index contributed by atoms with van der Waals surface area (Å²) in [5.41, 5.74) is 1.98. The number of carbonyl (C=O) groups excluding carboxylic acids is 3. The highest BCUT2D eigenvalue weighted by atomic mass is 19.4. The number of hydrogen-bond donors (Lipinski definition) is 1. The molecule has 40 heavy (non-hydrogen) atoms. The largest absolute Gasteiger partial charge is 0.491 e. The molecule has 13 heteroatoms. The van der Waals surface area contributed by atoms with Gasteiger partial charge in [-0.3, -0.25) is 4.79 Å². The van der Waals surface area contributed by atoms with Gasteiger partial charge >= 0.3 is 18.1 Å². The Labute approximate surface area is 225 Å². The highest BCUT2D eigenvalue weighted by molar-refractivity contribution is 6.03. The van der Waals surface area contributed by atoms with Gasteiger partial charge in [-0.05, 0) is 41.3 Å². The fourth-order valence-corrected chi connectivity index (χ4v) is 3.37. The Morgan fingerprint density at radius 3 is 2.33 bits per heavy atom. The van der Waals surface area contributed by atoms with Crippen molar-refractivity contribution in [3.05, 3.63) is 78.0 Å². The Hall–Kier alpha value is -4.94. The van der Waals surface area contributed by atoms with Crippen LogP contribution in [0.5, 0.6) is 17.4 Å². The summed E-state index contributed by atoms with van der Waals surface area (Å²) < 4.78 is 52.4. The quantitative estimate of drug-likeness (QED) is 0.247. The van der Waals surface area contributed by atoms with Crippen LogP contribution in [0.25, 0.3) is 5.65 Å². The van der Waals surface area contributed by atoms with Gasteiger partial charge in [0, 0.05) is 17.7 Å². The topological polar surface area (TPSA) is 121 Å². The van der Waals surface area contributed by atoms with E-state index in [1.807, 2.05) is 12.1 Å². The Morgan fingerprint density at radius 2 is 1.65 bits per heavy atom. The van der Waals surface area contributed by atoms with Crippen LogP contribution in [0.15, 0.2) is 66.9 Å². The number of halogens is 3. The molecule has 0 fully saturated rings. The number of hydrogen-bond acceptors (Lipinski definition) is 8. The zero-order valence-corrected chi connectivity index (χ0v) is 21.5. The lowest BCUT2D eigenvalue weighted by atomic mass is 9.87. The fourth-order valence-electron chi connectivity index (χ4n) is 3.37. The molecular weight excluding hydrogens is 533 g/mol. The standard InChI is InChI=1S/C27H23F3N4O6/c1-26(2,3)17-9-7-16(8-10-17)24(36)32-20-14-34-21(31-20)11-12-22(33-34)39-19-6-4-5-18(13-19)38-15-23(35)40-25(37)27(28,29)30/h4-14H,15H2,1-3H3,(H,32,36). The van der Waals surface area contributed by atoms with E-state index < -0.39 is 24.7 Å². The van der Waals surface area contributed by atoms with Gasteiger partial charge in [0.05, 0.1) is 6.20 Å². The van der Waals surface area contributed by atoms with Crippen LogP contribution in [0.4, 0.5) is 19.0 Å². The van der Waals surface area contributed by atoms with Crippen molar-refractivity contribution in [2.75, 3.05) is 11.9 Å². The Bertz CT molecular complexity index is 1560. The number of ether oxygens (including phenoxy) is 3. The van der Waals surface area contributed by atoms with Crippen molar-refractivity contribution in [2.24, 2.45) is 0 Å². The smallest absolute Gasteiger partial charge is 0.482 e. The third-order valence-corrected chi connectivity index (χ3v) is 5.37. The number of nitrogens with zero attached hydrogens (tertiary/aromatic N) is 3. The lowest BCUT2D eigenvalue weighted by Gasteiger charge is -2.18. The first-order valence-electron chi connectivity index (χ1n) is 11.8. The lowest BCUT2D eigenvalue weighted by Crippen LogP contribution is -2.30. The summed E-state index contributed by atoms with van der Waals surface area (Å²) in [6.45, 7) is 5.33. The second-order valence-corrected chi connectivity index (χ2v) is 9.51. The molecule has 1 N–H and O–H groups in total. The van der Waals surface area contributed by atoms with Crippen LogP contribution in [-0.4, -0.2) is 45.2 Å². The summed E-state index contributed by atoms with van der Waals surface area (Å²) in [7, 11) is 0. The molecule has 4 aromatic rings. The fraction of sp³-hybridized carbons (Fsp3) is 0.222. The first-order valence-corrected chi connectivity index (χ1v) is 11.8. The van der Waals surface area contributed by atoms with Crippen LogP contribution < -0.4 is 14.8 Å². The molecule has 10 nitrogen and oxygen atoms in total. The summed E-state index contributed by atoms with van der Waals surface area (Å²) in [5, 5.41) is 7.03. The zero-order valence-electron chi connectivity index (χ0n) is 21.5. The van der Waals surface area contributed by atoms with Crippen LogP contribution in [0, 0.1) is 0 Å². The third kappa shape index (κ3) is 7.12. The summed E-state index contributed by atoms with van der Waals surface area (Å²) in [6.07, 6.45) is -3.78. The van der Waals surface area contributed by atoms with E-state index in [1.165, 1.54) is 35.0 Å². The van der Waals surface area contributed by atoms with Gasteiger partial charge < -0.3 is 19.5 Å². The number of aromatic nitrogens is 3. The predicted molar refractivity (Wildman–Crippen MR) is 135 cm³/mol. The molecule has 2 aromatic carbocycles. The maximum absolute atomic E-state index is 12.7. The molecule has 0 radical (unpaired) electrons. The van der Waals surface area contributed by atoms with Crippen LogP contribution >= 0.6 is 0 Å². The number of imidazole rings is 1. The molecule has 0 atom stereocenters. The van der Waals surface area contributed by atoms with Gasteiger partial charge in [-0.25, -0.2) is 19.1 Å². The minimum absolute atomic E-state index is 0.0361. The molecule has 2 heterocycles. The van der Waals surface area contributed by atoms with Crippen LogP contribution in [0.3, 0.4) is 0 Å². The average Bonchev–Trinajstić information content (AvgIpc) is 3.28. The van der Waals surface area contributed by atoms with E-state index in [-0.39, 0.29) is 34.5 Å². The number of benzene rings is 2. The van der Waals surface area contributed by atoms with Crippen molar-refractivity contribution >= 4 is 29.3 Å². The number of fused-ring (bicyclic) bond motifs is 1. The predicted octanol–water partition coefficient (Wildman–Crippen LogP) is 5.08. The van der Waals surface area contributed by atoms with Crippen molar-refractivity contribution in [3.63, 3.8) is 0 Å². The lowest BCUT2D eigenvalue weighted by molar-refractivity contribution is -0.202. The number of alkyl halides is 3. The molecule has 0 saturated carbocycles. The molecule has 0 aliphatic heterocycles. The molecule has 208 valence electrons. The van der Waals surface area contributed by atoms with Crippen molar-refractivity contribution in [3.8, 4) is 17.4 Å². The molecular formula is C27H23F3N4O6. The van der Waals surface area contributed by atoms with Gasteiger partial charge in [0.2, 0.25) is 5.88 Å². The van der Waals surface area contributed by atoms with Crippen molar-refractivity contribution in [1.82, 2.24) is 14.6 Å². The molecule has 1 amide bonds. The zero-order chi connectivity index (χ0) is 29.1. The molecule has 4 rings (SSSR count). The summed E-state index contributed by atoms with van der Waals surface area (Å²) in [5.74, 6) is -3.74. The van der Waals surface area contributed by atoms with E-state index in [2.05, 4.69) is 40.9 Å². The van der Waals surface area contributed by atoms with Crippen LogP contribution in [0.1, 0.15) is 36.7 Å². The second-order valence-electron chi connectivity index (χ2n) is 9.51. The maximum atomic E-state index is 12.7. The first kappa shape index (κ1) is 28.1. The average molecular weight is 556 g/mol. The Kier molecular flexibility index (Phi) is 7.75. The summed E-state index contributed by atoms with van der Waals surface area (Å²) in [6, 6.07) is 16.3. The van der Waals surface area contributed by atoms with E-state index >= 15 is 0 Å². The van der Waals surface area contributed by atoms with Gasteiger partial charge in [0.25, 0.3) is 5.91 Å². The van der Waals surface area contributed by atoms with Crippen LogP contribution in [-0.2, 0) is 19.7 Å². The van der Waals surface area contributed by atoms with Gasteiger partial charge in [-0.1, -0.05) is 39.0 Å². The molecule has 2 aromatic heterocycles. The van der Waals surface area contributed by atoms with Gasteiger partial charge in [-0.2, -0.15) is 13.2 Å². The van der Waals surface area contributed by atoms with Crippen molar-refractivity contribution in [1.29, 1.82) is 0 Å². The number of anilines is 1. The Morgan fingerprint density at radius 1 is 0.950 bits per heavy atom. The third-order valence-electron chi connectivity index (χ3n) is 5.37. The Balaban J connectivity index is 1.38. The van der Waals surface area contributed by atoms with E-state index in [4.69, 9.17) is 9.47 Å². The molecule has 0 spiro atoms. The molecule has 0 aliphatic rings. The van der Waals surface area contributed by atoms with Crippen LogP contribution in [0.2, 0.25) is 0 Å². The van der Waals surface area contributed by atoms with E-state index in [0.29, 0.717) is 11.2 Å². The molecule has 0 unspecified atom stereocenters. The summed E-state index contributed by atoms with van der Waals surface area (Å²) in [4.78, 5) is 39.1. The van der Waals surface area contributed by atoms with Crippen molar-refractivity contribution in [2.45, 2.75) is 32.4 Å².